The van der Waals surface area contributed by atoms with Gasteiger partial charge in [-0.3, -0.25) is 4.79 Å². The molecule has 100 valence electrons. The lowest BCUT2D eigenvalue weighted by atomic mass is 10.2. The largest absolute Gasteiger partial charge is 0.459 e. The number of esters is 1. The van der Waals surface area contributed by atoms with Gasteiger partial charge in [0.05, 0.1) is 11.4 Å². The fourth-order valence-corrected chi connectivity index (χ4v) is 1.97. The topological polar surface area (TPSA) is 52.3 Å². The number of carbonyl (C=O) groups is 1. The normalized spacial score (nSPS) is 11.4. The fraction of sp³-hybridized carbons (Fsp3) is 0.417. The van der Waals surface area contributed by atoms with Crippen LogP contribution in [0.25, 0.3) is 0 Å². The Morgan fingerprint density at radius 3 is 2.56 bits per heavy atom. The molecule has 1 aromatic rings. The molecule has 0 saturated carbocycles. The Morgan fingerprint density at radius 2 is 2.00 bits per heavy atom. The molecular weight excluding hydrogens is 260 g/mol. The van der Waals surface area contributed by atoms with Crippen LogP contribution in [0.2, 0.25) is 0 Å². The van der Waals surface area contributed by atoms with Crippen LogP contribution < -0.4 is 5.73 Å². The van der Waals surface area contributed by atoms with Gasteiger partial charge < -0.3 is 10.5 Å². The van der Waals surface area contributed by atoms with Gasteiger partial charge in [0.2, 0.25) is 0 Å². The Hall–Kier alpha value is -1.30. The van der Waals surface area contributed by atoms with E-state index in [-0.39, 0.29) is 16.3 Å². The standard InChI is InChI=1S/C12H15F2NO2S/c1-12(2,3)17-10(16)6-18-9-5-7(13)4-8(14)11(9)15/h4-5H,6,15H2,1-3H3. The number of thioether (sulfide) groups is 1. The van der Waals surface area contributed by atoms with Crippen LogP contribution >= 0.6 is 11.8 Å². The molecule has 1 aromatic carbocycles. The molecule has 0 aromatic heterocycles. The Balaban J connectivity index is 2.67. The highest BCUT2D eigenvalue weighted by Crippen LogP contribution is 2.28. The van der Waals surface area contributed by atoms with Crippen LogP contribution in [0.5, 0.6) is 0 Å². The molecule has 2 N–H and O–H groups in total. The van der Waals surface area contributed by atoms with E-state index < -0.39 is 23.2 Å². The number of ether oxygens (including phenoxy) is 1. The summed E-state index contributed by atoms with van der Waals surface area (Å²) in [6.45, 7) is 5.23. The highest BCUT2D eigenvalue weighted by atomic mass is 32.2. The lowest BCUT2D eigenvalue weighted by molar-refractivity contribution is -0.151. The van der Waals surface area contributed by atoms with Crippen LogP contribution in [-0.4, -0.2) is 17.3 Å². The van der Waals surface area contributed by atoms with Crippen molar-refractivity contribution >= 4 is 23.4 Å². The van der Waals surface area contributed by atoms with Crippen LogP contribution in [0.15, 0.2) is 17.0 Å². The number of halogens is 2. The first-order valence-electron chi connectivity index (χ1n) is 5.28. The average Bonchev–Trinajstić information content (AvgIpc) is 2.18. The fourth-order valence-electron chi connectivity index (χ4n) is 1.19. The lowest BCUT2D eigenvalue weighted by Gasteiger charge is -2.19. The third-order valence-corrected chi connectivity index (χ3v) is 2.85. The SMILES string of the molecule is CC(C)(C)OC(=O)CSc1cc(F)cc(F)c1N. The summed E-state index contributed by atoms with van der Waals surface area (Å²) in [5.74, 6) is -2.07. The van der Waals surface area contributed by atoms with Crippen LogP contribution in [0.3, 0.4) is 0 Å². The molecule has 3 nitrogen and oxygen atoms in total. The van der Waals surface area contributed by atoms with Crippen molar-refractivity contribution in [3.8, 4) is 0 Å². The van der Waals surface area contributed by atoms with E-state index >= 15 is 0 Å². The second kappa shape index (κ2) is 5.56. The van der Waals surface area contributed by atoms with Crippen molar-refractivity contribution in [2.75, 3.05) is 11.5 Å². The van der Waals surface area contributed by atoms with E-state index in [1.807, 2.05) is 0 Å². The second-order valence-corrected chi connectivity index (χ2v) is 5.69. The number of rotatable bonds is 3. The van der Waals surface area contributed by atoms with Crippen molar-refractivity contribution in [3.05, 3.63) is 23.8 Å². The molecule has 0 aliphatic heterocycles. The minimum absolute atomic E-state index is 0.0512. The number of nitrogen functional groups attached to an aromatic ring is 1. The van der Waals surface area contributed by atoms with Crippen molar-refractivity contribution in [2.45, 2.75) is 31.3 Å². The van der Waals surface area contributed by atoms with Crippen molar-refractivity contribution in [1.82, 2.24) is 0 Å². The van der Waals surface area contributed by atoms with Gasteiger partial charge in [-0.25, -0.2) is 8.78 Å². The maximum atomic E-state index is 13.1. The summed E-state index contributed by atoms with van der Waals surface area (Å²) < 4.78 is 31.2. The monoisotopic (exact) mass is 275 g/mol. The van der Waals surface area contributed by atoms with Gasteiger partial charge in [-0.05, 0) is 26.8 Å². The Bertz CT molecular complexity index is 458. The van der Waals surface area contributed by atoms with Gasteiger partial charge in [0, 0.05) is 11.0 Å². The number of nitrogens with two attached hydrogens (primary N) is 1. The molecule has 6 heteroatoms. The minimum atomic E-state index is -0.832. The van der Waals surface area contributed by atoms with Crippen molar-refractivity contribution in [2.24, 2.45) is 0 Å². The Labute approximate surface area is 109 Å². The predicted octanol–water partition coefficient (Wildman–Crippen LogP) is 2.98. The van der Waals surface area contributed by atoms with Crippen molar-refractivity contribution < 1.29 is 18.3 Å². The molecule has 0 atom stereocenters. The van der Waals surface area contributed by atoms with Crippen molar-refractivity contribution in [3.63, 3.8) is 0 Å². The summed E-state index contributed by atoms with van der Waals surface area (Å²) in [7, 11) is 0. The Kier molecular flexibility index (Phi) is 4.56. The van der Waals surface area contributed by atoms with Gasteiger partial charge in [-0.15, -0.1) is 11.8 Å². The number of carbonyl (C=O) groups excluding carboxylic acids is 1. The minimum Gasteiger partial charge on any atom is -0.459 e. The van der Waals surface area contributed by atoms with Crippen molar-refractivity contribution in [1.29, 1.82) is 0 Å². The maximum absolute atomic E-state index is 13.1. The third kappa shape index (κ3) is 4.52. The van der Waals surface area contributed by atoms with E-state index in [0.717, 1.165) is 17.8 Å². The van der Waals surface area contributed by atoms with Crippen LogP contribution in [0.1, 0.15) is 20.8 Å². The smallest absolute Gasteiger partial charge is 0.316 e. The molecule has 0 amide bonds. The summed E-state index contributed by atoms with van der Waals surface area (Å²) in [4.78, 5) is 11.6. The van der Waals surface area contributed by atoms with E-state index in [0.29, 0.717) is 6.07 Å². The number of hydrogen-bond acceptors (Lipinski definition) is 4. The highest BCUT2D eigenvalue weighted by Gasteiger charge is 2.17. The molecule has 0 radical (unpaired) electrons. The zero-order valence-electron chi connectivity index (χ0n) is 10.4. The predicted molar refractivity (Wildman–Crippen MR) is 67.3 cm³/mol. The lowest BCUT2D eigenvalue weighted by Crippen LogP contribution is -2.24. The molecule has 0 fully saturated rings. The van der Waals surface area contributed by atoms with E-state index in [2.05, 4.69) is 0 Å². The van der Waals surface area contributed by atoms with E-state index in [4.69, 9.17) is 10.5 Å². The quantitative estimate of drug-likeness (QED) is 0.523. The molecule has 0 aliphatic carbocycles. The van der Waals surface area contributed by atoms with Gasteiger partial charge >= 0.3 is 5.97 Å². The summed E-state index contributed by atoms with van der Waals surface area (Å²) in [5.41, 5.74) is 4.70. The summed E-state index contributed by atoms with van der Waals surface area (Å²) in [6, 6.07) is 1.79. The number of anilines is 1. The summed E-state index contributed by atoms with van der Waals surface area (Å²) in [6.07, 6.45) is 0. The van der Waals surface area contributed by atoms with Gasteiger partial charge in [0.15, 0.2) is 0 Å². The number of hydrogen-bond donors (Lipinski definition) is 1. The van der Waals surface area contributed by atoms with Gasteiger partial charge in [0.1, 0.15) is 17.2 Å². The molecule has 0 bridgehead atoms. The highest BCUT2D eigenvalue weighted by molar-refractivity contribution is 8.00. The van der Waals surface area contributed by atoms with Crippen LogP contribution in [0, 0.1) is 11.6 Å². The van der Waals surface area contributed by atoms with Crippen LogP contribution in [-0.2, 0) is 9.53 Å². The molecule has 18 heavy (non-hydrogen) atoms. The van der Waals surface area contributed by atoms with E-state index in [1.165, 1.54) is 0 Å². The average molecular weight is 275 g/mol. The molecular formula is C12H15F2NO2S. The van der Waals surface area contributed by atoms with Crippen LogP contribution in [0.4, 0.5) is 14.5 Å². The van der Waals surface area contributed by atoms with Gasteiger partial charge in [-0.2, -0.15) is 0 Å². The first-order chi connectivity index (χ1) is 8.19. The van der Waals surface area contributed by atoms with Gasteiger partial charge in [0.25, 0.3) is 0 Å². The van der Waals surface area contributed by atoms with Gasteiger partial charge in [-0.1, -0.05) is 0 Å². The molecule has 0 unspecified atom stereocenters. The maximum Gasteiger partial charge on any atom is 0.316 e. The molecule has 0 spiro atoms. The zero-order valence-corrected chi connectivity index (χ0v) is 11.2. The first-order valence-corrected chi connectivity index (χ1v) is 6.27. The first kappa shape index (κ1) is 14.8. The van der Waals surface area contributed by atoms with E-state index in [1.54, 1.807) is 20.8 Å². The zero-order chi connectivity index (χ0) is 13.9. The molecule has 0 aliphatic rings. The third-order valence-electron chi connectivity index (χ3n) is 1.82. The van der Waals surface area contributed by atoms with E-state index in [9.17, 15) is 13.6 Å². The molecule has 0 heterocycles. The number of benzene rings is 1. The molecule has 0 saturated heterocycles. The molecule has 1 rings (SSSR count). The summed E-state index contributed by atoms with van der Waals surface area (Å²) >= 11 is 0.945. The second-order valence-electron chi connectivity index (χ2n) is 4.67. The summed E-state index contributed by atoms with van der Waals surface area (Å²) in [5, 5.41) is 0. The Morgan fingerprint density at radius 1 is 1.39 bits per heavy atom.